The van der Waals surface area contributed by atoms with Crippen molar-refractivity contribution >= 4 is 29.1 Å². The molecule has 0 bridgehead atoms. The summed E-state index contributed by atoms with van der Waals surface area (Å²) in [6, 6.07) is 18.7. The first kappa shape index (κ1) is 34.9. The number of amides is 2. The number of rotatable bonds is 15. The second-order valence-electron chi connectivity index (χ2n) is 11.4. The van der Waals surface area contributed by atoms with Crippen LogP contribution in [0.2, 0.25) is 0 Å². The van der Waals surface area contributed by atoms with Gasteiger partial charge in [-0.15, -0.1) is 0 Å². The van der Waals surface area contributed by atoms with Gasteiger partial charge in [-0.3, -0.25) is 9.59 Å². The molecule has 248 valence electrons. The standard InChI is InChI=1S/C37H46N6O4/c1-8-13-27-18-19-31(32(22-27)46-7)47-35-30(34(44)40-33-25(4)14-11-15-26(33)5)24-38-37(41-35)39-29-17-12-16-28(23-29)36(45)42(6)20-21-43(9-2)10-3/h11-12,14-19,22-24H,8-10,13,20-21H2,1-7H3,(H,40,44)(H,38,39,41). The number of benzene rings is 3. The summed E-state index contributed by atoms with van der Waals surface area (Å²) in [6.45, 7) is 13.5. The van der Waals surface area contributed by atoms with Crippen LogP contribution in [0.1, 0.15) is 64.6 Å². The molecule has 0 atom stereocenters. The van der Waals surface area contributed by atoms with Crippen LogP contribution < -0.4 is 20.1 Å². The molecule has 47 heavy (non-hydrogen) atoms. The van der Waals surface area contributed by atoms with E-state index in [1.54, 1.807) is 30.2 Å². The molecule has 4 aromatic rings. The van der Waals surface area contributed by atoms with Gasteiger partial charge in [0.05, 0.1) is 7.11 Å². The number of methoxy groups -OCH3 is 1. The van der Waals surface area contributed by atoms with Crippen molar-refractivity contribution in [2.75, 3.05) is 51.0 Å². The smallest absolute Gasteiger partial charge is 0.262 e. The van der Waals surface area contributed by atoms with E-state index in [9.17, 15) is 9.59 Å². The number of anilines is 3. The molecule has 0 fully saturated rings. The van der Waals surface area contributed by atoms with Gasteiger partial charge < -0.3 is 29.9 Å². The van der Waals surface area contributed by atoms with Gasteiger partial charge in [-0.05, 0) is 80.4 Å². The number of para-hydroxylation sites is 1. The molecule has 3 aromatic carbocycles. The molecule has 2 N–H and O–H groups in total. The fraction of sp³-hybridized carbons (Fsp3) is 0.351. The van der Waals surface area contributed by atoms with Gasteiger partial charge in [0.15, 0.2) is 11.5 Å². The molecule has 0 aliphatic carbocycles. The molecular weight excluding hydrogens is 592 g/mol. The number of carbonyl (C=O) groups excluding carboxylic acids is 2. The van der Waals surface area contributed by atoms with Crippen LogP contribution in [0.15, 0.2) is 66.9 Å². The van der Waals surface area contributed by atoms with Crippen molar-refractivity contribution in [2.24, 2.45) is 0 Å². The Kier molecular flexibility index (Phi) is 12.3. The summed E-state index contributed by atoms with van der Waals surface area (Å²) in [5.74, 6) is 0.703. The highest BCUT2D eigenvalue weighted by Gasteiger charge is 2.21. The van der Waals surface area contributed by atoms with Gasteiger partial charge in [0, 0.05) is 43.3 Å². The van der Waals surface area contributed by atoms with Gasteiger partial charge in [0.1, 0.15) is 5.56 Å². The van der Waals surface area contributed by atoms with Crippen LogP contribution in [0.3, 0.4) is 0 Å². The molecule has 0 unspecified atom stereocenters. The third-order valence-corrected chi connectivity index (χ3v) is 8.05. The number of nitrogens with one attached hydrogen (secondary N) is 2. The van der Waals surface area contributed by atoms with Crippen LogP contribution in [-0.2, 0) is 6.42 Å². The predicted octanol–water partition coefficient (Wildman–Crippen LogP) is 7.26. The lowest BCUT2D eigenvalue weighted by atomic mass is 10.1. The fourth-order valence-electron chi connectivity index (χ4n) is 5.21. The Hall–Kier alpha value is -4.96. The average molecular weight is 639 g/mol. The topological polar surface area (TPSA) is 109 Å². The van der Waals surface area contributed by atoms with E-state index in [4.69, 9.17) is 9.47 Å². The van der Waals surface area contributed by atoms with E-state index in [1.165, 1.54) is 6.20 Å². The van der Waals surface area contributed by atoms with Gasteiger partial charge in [-0.1, -0.05) is 57.5 Å². The Labute approximate surface area is 278 Å². The van der Waals surface area contributed by atoms with Crippen LogP contribution in [0.4, 0.5) is 17.3 Å². The number of likely N-dealkylation sites (N-methyl/N-ethyl adjacent to an activating group) is 2. The minimum atomic E-state index is -0.411. The molecule has 10 heteroatoms. The zero-order chi connectivity index (χ0) is 33.9. The molecule has 10 nitrogen and oxygen atoms in total. The van der Waals surface area contributed by atoms with Crippen molar-refractivity contribution in [1.29, 1.82) is 0 Å². The summed E-state index contributed by atoms with van der Waals surface area (Å²) < 4.78 is 11.9. The maximum atomic E-state index is 13.6. The number of nitrogens with zero attached hydrogens (tertiary/aromatic N) is 4. The summed E-state index contributed by atoms with van der Waals surface area (Å²) >= 11 is 0. The van der Waals surface area contributed by atoms with Crippen LogP contribution in [0, 0.1) is 13.8 Å². The van der Waals surface area contributed by atoms with Crippen LogP contribution >= 0.6 is 0 Å². The predicted molar refractivity (Wildman–Crippen MR) is 187 cm³/mol. The third kappa shape index (κ3) is 9.07. The van der Waals surface area contributed by atoms with Gasteiger partial charge >= 0.3 is 0 Å². The lowest BCUT2D eigenvalue weighted by Crippen LogP contribution is -2.36. The second-order valence-corrected chi connectivity index (χ2v) is 11.4. The Morgan fingerprint density at radius 3 is 2.30 bits per heavy atom. The van der Waals surface area contributed by atoms with Crippen molar-refractivity contribution < 1.29 is 19.1 Å². The van der Waals surface area contributed by atoms with Gasteiger partial charge in [0.25, 0.3) is 11.8 Å². The van der Waals surface area contributed by atoms with Gasteiger partial charge in [-0.2, -0.15) is 4.98 Å². The molecule has 0 aliphatic heterocycles. The summed E-state index contributed by atoms with van der Waals surface area (Å²) in [4.78, 5) is 39.9. The Balaban J connectivity index is 1.63. The lowest BCUT2D eigenvalue weighted by Gasteiger charge is -2.23. The largest absolute Gasteiger partial charge is 0.493 e. The van der Waals surface area contributed by atoms with E-state index in [-0.39, 0.29) is 23.3 Å². The lowest BCUT2D eigenvalue weighted by molar-refractivity contribution is 0.0779. The SMILES string of the molecule is CCCc1ccc(Oc2nc(Nc3cccc(C(=O)N(C)CCN(CC)CC)c3)ncc2C(=O)Nc2c(C)cccc2C)c(OC)c1. The maximum Gasteiger partial charge on any atom is 0.262 e. The number of aryl methyl sites for hydroxylation is 3. The third-order valence-electron chi connectivity index (χ3n) is 8.05. The number of aromatic nitrogens is 2. The van der Waals surface area contributed by atoms with Crippen LogP contribution in [-0.4, -0.2) is 71.9 Å². The Morgan fingerprint density at radius 2 is 1.62 bits per heavy atom. The highest BCUT2D eigenvalue weighted by molar-refractivity contribution is 6.06. The monoisotopic (exact) mass is 638 g/mol. The first-order valence-electron chi connectivity index (χ1n) is 16.1. The van der Waals surface area contributed by atoms with E-state index < -0.39 is 5.91 Å². The molecule has 1 heterocycles. The highest BCUT2D eigenvalue weighted by atomic mass is 16.5. The average Bonchev–Trinajstić information content (AvgIpc) is 3.07. The summed E-state index contributed by atoms with van der Waals surface area (Å²) in [5, 5.41) is 6.18. The molecule has 0 aliphatic rings. The van der Waals surface area contributed by atoms with E-state index in [2.05, 4.69) is 46.3 Å². The summed E-state index contributed by atoms with van der Waals surface area (Å²) in [6.07, 6.45) is 3.32. The van der Waals surface area contributed by atoms with Crippen molar-refractivity contribution in [3.05, 3.63) is 94.7 Å². The Morgan fingerprint density at radius 1 is 0.894 bits per heavy atom. The molecule has 1 aromatic heterocycles. The maximum absolute atomic E-state index is 13.6. The van der Waals surface area contributed by atoms with Crippen LogP contribution in [0.25, 0.3) is 0 Å². The number of carbonyl (C=O) groups is 2. The molecule has 0 saturated heterocycles. The summed E-state index contributed by atoms with van der Waals surface area (Å²) in [5.41, 5.74) is 5.00. The number of hydrogen-bond acceptors (Lipinski definition) is 8. The van der Waals surface area contributed by atoms with Crippen molar-refractivity contribution in [2.45, 2.75) is 47.5 Å². The van der Waals surface area contributed by atoms with Gasteiger partial charge in [-0.25, -0.2) is 4.98 Å². The van der Waals surface area contributed by atoms with Gasteiger partial charge in [0.2, 0.25) is 11.8 Å². The number of ether oxygens (including phenoxy) is 2. The molecule has 0 spiro atoms. The van der Waals surface area contributed by atoms with Crippen molar-refractivity contribution in [1.82, 2.24) is 19.8 Å². The zero-order valence-corrected chi connectivity index (χ0v) is 28.5. The van der Waals surface area contributed by atoms with Crippen LogP contribution in [0.5, 0.6) is 17.4 Å². The van der Waals surface area contributed by atoms with E-state index in [0.717, 1.165) is 54.9 Å². The normalized spacial score (nSPS) is 10.9. The Bertz CT molecular complexity index is 1670. The quantitative estimate of drug-likeness (QED) is 0.140. The first-order valence-corrected chi connectivity index (χ1v) is 16.1. The summed E-state index contributed by atoms with van der Waals surface area (Å²) in [7, 11) is 3.39. The zero-order valence-electron chi connectivity index (χ0n) is 28.5. The minimum absolute atomic E-state index is 0.0520. The molecule has 4 rings (SSSR count). The van der Waals surface area contributed by atoms with E-state index >= 15 is 0 Å². The second kappa shape index (κ2) is 16.6. The number of hydrogen-bond donors (Lipinski definition) is 2. The van der Waals surface area contributed by atoms with Crippen molar-refractivity contribution in [3.63, 3.8) is 0 Å². The molecule has 0 radical (unpaired) electrons. The first-order chi connectivity index (χ1) is 22.7. The highest BCUT2D eigenvalue weighted by Crippen LogP contribution is 2.34. The minimum Gasteiger partial charge on any atom is -0.493 e. The van der Waals surface area contributed by atoms with Crippen molar-refractivity contribution in [3.8, 4) is 17.4 Å². The fourth-order valence-corrected chi connectivity index (χ4v) is 5.21. The van der Waals surface area contributed by atoms with E-state index in [1.807, 2.05) is 63.4 Å². The van der Waals surface area contributed by atoms with E-state index in [0.29, 0.717) is 29.3 Å². The molecule has 2 amide bonds. The molecular formula is C37H46N6O4. The molecule has 0 saturated carbocycles.